The monoisotopic (exact) mass is 326 g/mol. The molecule has 0 spiro atoms. The first kappa shape index (κ1) is 15.1. The van der Waals surface area contributed by atoms with E-state index in [9.17, 15) is 0 Å². The van der Waals surface area contributed by atoms with Crippen molar-refractivity contribution in [1.29, 1.82) is 0 Å². The number of hydrogen-bond acceptors (Lipinski definition) is 0. The second-order valence-electron chi connectivity index (χ2n) is 12.6. The van der Waals surface area contributed by atoms with Crippen LogP contribution < -0.4 is 0 Å². The van der Waals surface area contributed by atoms with E-state index < -0.39 is 0 Å². The number of rotatable bonds is 1. The average molecular weight is 327 g/mol. The van der Waals surface area contributed by atoms with Crippen molar-refractivity contribution in [1.82, 2.24) is 0 Å². The SMILES string of the molecule is CC1C2CC3CC1(C)C(C)(C)C(C14CC5CC(CC(C5)C1)C4)(C3)C2. The van der Waals surface area contributed by atoms with Crippen LogP contribution in [0.1, 0.15) is 91.9 Å². The molecule has 5 unspecified atom stereocenters. The largest absolute Gasteiger partial charge is 0.0617 e. The van der Waals surface area contributed by atoms with Gasteiger partial charge in [-0.3, -0.25) is 0 Å². The molecule has 8 saturated carbocycles. The minimum absolute atomic E-state index is 0.554. The lowest BCUT2D eigenvalue weighted by atomic mass is 9.25. The highest BCUT2D eigenvalue weighted by Crippen LogP contribution is 2.83. The van der Waals surface area contributed by atoms with Crippen molar-refractivity contribution in [3.05, 3.63) is 0 Å². The van der Waals surface area contributed by atoms with Gasteiger partial charge in [-0.05, 0) is 121 Å². The summed E-state index contributed by atoms with van der Waals surface area (Å²) in [5.74, 6) is 6.45. The maximum Gasteiger partial charge on any atom is -0.0179 e. The van der Waals surface area contributed by atoms with E-state index in [1.54, 1.807) is 64.2 Å². The highest BCUT2D eigenvalue weighted by atomic mass is 14.8. The van der Waals surface area contributed by atoms with E-state index in [2.05, 4.69) is 27.7 Å². The Hall–Kier alpha value is 0. The molecule has 134 valence electrons. The van der Waals surface area contributed by atoms with Crippen LogP contribution >= 0.6 is 0 Å². The fourth-order valence-electron chi connectivity index (χ4n) is 11.1. The highest BCUT2D eigenvalue weighted by Gasteiger charge is 2.75. The van der Waals surface area contributed by atoms with Gasteiger partial charge in [-0.1, -0.05) is 27.7 Å². The molecule has 0 heteroatoms. The van der Waals surface area contributed by atoms with Gasteiger partial charge in [-0.2, -0.15) is 0 Å². The zero-order chi connectivity index (χ0) is 16.5. The first-order chi connectivity index (χ1) is 11.3. The summed E-state index contributed by atoms with van der Waals surface area (Å²) in [5.41, 5.74) is 2.62. The van der Waals surface area contributed by atoms with Crippen LogP contribution in [0.15, 0.2) is 0 Å². The van der Waals surface area contributed by atoms with Crippen molar-refractivity contribution in [2.24, 2.45) is 57.2 Å². The van der Waals surface area contributed by atoms with Crippen LogP contribution in [0.4, 0.5) is 0 Å². The second-order valence-corrected chi connectivity index (χ2v) is 12.6. The molecule has 0 aromatic carbocycles. The van der Waals surface area contributed by atoms with Crippen LogP contribution in [0.25, 0.3) is 0 Å². The smallest absolute Gasteiger partial charge is 0.0179 e. The summed E-state index contributed by atoms with van der Waals surface area (Å²) >= 11 is 0. The van der Waals surface area contributed by atoms with Crippen molar-refractivity contribution in [2.45, 2.75) is 91.9 Å². The first-order valence-corrected chi connectivity index (χ1v) is 11.3. The molecule has 0 aromatic heterocycles. The molecular formula is C24H38. The van der Waals surface area contributed by atoms with Crippen LogP contribution in [-0.4, -0.2) is 0 Å². The topological polar surface area (TPSA) is 0 Å². The van der Waals surface area contributed by atoms with Crippen LogP contribution in [0.3, 0.4) is 0 Å². The molecule has 8 fully saturated rings. The molecule has 0 amide bonds. The summed E-state index contributed by atoms with van der Waals surface area (Å²) in [4.78, 5) is 0. The molecule has 0 heterocycles. The van der Waals surface area contributed by atoms with Gasteiger partial charge in [0.15, 0.2) is 0 Å². The lowest BCUT2D eigenvalue weighted by molar-refractivity contribution is -0.308. The maximum absolute atomic E-state index is 2.75. The van der Waals surface area contributed by atoms with Gasteiger partial charge < -0.3 is 0 Å². The normalized spacial score (nSPS) is 65.5. The molecular weight excluding hydrogens is 288 g/mol. The molecule has 5 atom stereocenters. The molecule has 0 saturated heterocycles. The molecule has 8 aliphatic rings. The quantitative estimate of drug-likeness (QED) is 0.503. The molecule has 8 aliphatic carbocycles. The lowest BCUT2D eigenvalue weighted by Crippen LogP contribution is -2.72. The van der Waals surface area contributed by atoms with Crippen molar-refractivity contribution < 1.29 is 0 Å². The fraction of sp³-hybridized carbons (Fsp3) is 1.00. The van der Waals surface area contributed by atoms with Crippen molar-refractivity contribution in [2.75, 3.05) is 0 Å². The summed E-state index contributed by atoms with van der Waals surface area (Å²) < 4.78 is 0. The van der Waals surface area contributed by atoms with Gasteiger partial charge in [0.2, 0.25) is 0 Å². The molecule has 0 N–H and O–H groups in total. The molecule has 24 heavy (non-hydrogen) atoms. The molecule has 0 aromatic rings. The summed E-state index contributed by atoms with van der Waals surface area (Å²) in [6.45, 7) is 10.9. The third-order valence-electron chi connectivity index (χ3n) is 12.0. The van der Waals surface area contributed by atoms with Crippen molar-refractivity contribution in [3.63, 3.8) is 0 Å². The standard InChI is InChI=1S/C24H38/c1-15-20-8-19-9-22(15,4)21(2,3)24(13-19,14-20)23-10-16-5-17(11-23)7-18(6-16)12-23/h15-20H,5-14H2,1-4H3. The van der Waals surface area contributed by atoms with E-state index in [0.717, 1.165) is 40.9 Å². The summed E-state index contributed by atoms with van der Waals surface area (Å²) in [7, 11) is 0. The van der Waals surface area contributed by atoms with E-state index in [0.29, 0.717) is 16.2 Å². The molecule has 0 aliphatic heterocycles. The lowest BCUT2D eigenvalue weighted by Gasteiger charge is -2.80. The summed E-state index contributed by atoms with van der Waals surface area (Å²) in [5, 5.41) is 0. The molecule has 8 rings (SSSR count). The summed E-state index contributed by atoms with van der Waals surface area (Å²) in [6, 6.07) is 0. The van der Waals surface area contributed by atoms with E-state index >= 15 is 0 Å². The van der Waals surface area contributed by atoms with Gasteiger partial charge in [-0.25, -0.2) is 0 Å². The predicted octanol–water partition coefficient (Wildman–Crippen LogP) is 6.69. The minimum Gasteiger partial charge on any atom is -0.0617 e. The Morgan fingerprint density at radius 3 is 1.79 bits per heavy atom. The van der Waals surface area contributed by atoms with E-state index in [4.69, 9.17) is 0 Å². The highest BCUT2D eigenvalue weighted by molar-refractivity contribution is 5.24. The third-order valence-corrected chi connectivity index (χ3v) is 12.0. The zero-order valence-corrected chi connectivity index (χ0v) is 16.5. The van der Waals surface area contributed by atoms with Gasteiger partial charge in [-0.15, -0.1) is 0 Å². The maximum atomic E-state index is 2.75. The third kappa shape index (κ3) is 1.41. The predicted molar refractivity (Wildman–Crippen MR) is 99.5 cm³/mol. The Morgan fingerprint density at radius 2 is 1.21 bits per heavy atom. The van der Waals surface area contributed by atoms with Gasteiger partial charge >= 0.3 is 0 Å². The van der Waals surface area contributed by atoms with Gasteiger partial charge in [0, 0.05) is 0 Å². The first-order valence-electron chi connectivity index (χ1n) is 11.3. The Bertz CT molecular complexity index is 550. The molecule has 8 bridgehead atoms. The second kappa shape index (κ2) is 4.12. The van der Waals surface area contributed by atoms with Crippen LogP contribution in [-0.2, 0) is 0 Å². The Kier molecular flexibility index (Phi) is 2.59. The van der Waals surface area contributed by atoms with Gasteiger partial charge in [0.1, 0.15) is 0 Å². The molecule has 0 radical (unpaired) electrons. The van der Waals surface area contributed by atoms with E-state index in [1.165, 1.54) is 0 Å². The van der Waals surface area contributed by atoms with E-state index in [1.807, 2.05) is 0 Å². The van der Waals surface area contributed by atoms with Crippen LogP contribution in [0, 0.1) is 57.2 Å². The Morgan fingerprint density at radius 1 is 0.625 bits per heavy atom. The van der Waals surface area contributed by atoms with Crippen molar-refractivity contribution >= 4 is 0 Å². The average Bonchev–Trinajstić information content (AvgIpc) is 2.49. The fourth-order valence-corrected chi connectivity index (χ4v) is 11.1. The van der Waals surface area contributed by atoms with Gasteiger partial charge in [0.05, 0.1) is 0 Å². The van der Waals surface area contributed by atoms with Crippen molar-refractivity contribution in [3.8, 4) is 0 Å². The Balaban J connectivity index is 1.53. The number of hydrogen-bond donors (Lipinski definition) is 0. The van der Waals surface area contributed by atoms with Crippen LogP contribution in [0.5, 0.6) is 0 Å². The zero-order valence-electron chi connectivity index (χ0n) is 16.5. The summed E-state index contributed by atoms with van der Waals surface area (Å²) in [6.07, 6.45) is 16.1. The van der Waals surface area contributed by atoms with Gasteiger partial charge in [0.25, 0.3) is 0 Å². The minimum atomic E-state index is 0.554. The van der Waals surface area contributed by atoms with E-state index in [-0.39, 0.29) is 0 Å². The Labute approximate surface area is 149 Å². The van der Waals surface area contributed by atoms with Crippen LogP contribution in [0.2, 0.25) is 0 Å². The molecule has 0 nitrogen and oxygen atoms in total.